The maximum Gasteiger partial charge on any atom is 0.188 e. The van der Waals surface area contributed by atoms with Gasteiger partial charge in [0.1, 0.15) is 0 Å². The minimum Gasteiger partial charge on any atom is -0.370 e. The normalized spacial score (nSPS) is 11.9. The summed E-state index contributed by atoms with van der Waals surface area (Å²) in [4.78, 5) is 4.24. The average Bonchev–Trinajstić information content (AvgIpc) is 2.31. The van der Waals surface area contributed by atoms with Crippen molar-refractivity contribution in [3.63, 3.8) is 0 Å². The summed E-state index contributed by atoms with van der Waals surface area (Å²) in [5.74, 6) is 1.02. The molecule has 0 amide bonds. The van der Waals surface area contributed by atoms with Crippen molar-refractivity contribution in [3.8, 4) is 0 Å². The molecule has 3 N–H and O–H groups in total. The van der Waals surface area contributed by atoms with Crippen molar-refractivity contribution in [2.24, 2.45) is 16.6 Å². The fourth-order valence-corrected chi connectivity index (χ4v) is 2.04. The van der Waals surface area contributed by atoms with Gasteiger partial charge in [-0.05, 0) is 36.1 Å². The second-order valence-electron chi connectivity index (χ2n) is 4.53. The van der Waals surface area contributed by atoms with E-state index in [2.05, 4.69) is 40.1 Å². The van der Waals surface area contributed by atoms with Crippen LogP contribution in [0.25, 0.3) is 0 Å². The van der Waals surface area contributed by atoms with Crippen molar-refractivity contribution in [3.05, 3.63) is 33.3 Å². The number of guanidine groups is 1. The molecule has 0 heterocycles. The first kappa shape index (κ1) is 15.3. The Kier molecular flexibility index (Phi) is 6.50. The molecule has 1 aromatic rings. The van der Waals surface area contributed by atoms with E-state index in [1.807, 2.05) is 18.2 Å². The molecule has 0 unspecified atom stereocenters. The van der Waals surface area contributed by atoms with E-state index in [4.69, 9.17) is 17.3 Å². The van der Waals surface area contributed by atoms with Crippen LogP contribution in [0.2, 0.25) is 5.02 Å². The van der Waals surface area contributed by atoms with E-state index >= 15 is 0 Å². The molecule has 0 radical (unpaired) electrons. The van der Waals surface area contributed by atoms with Crippen molar-refractivity contribution in [1.82, 2.24) is 5.32 Å². The maximum absolute atomic E-state index is 5.95. The van der Waals surface area contributed by atoms with Gasteiger partial charge in [0, 0.05) is 22.6 Å². The Bertz CT molecular complexity index is 419. The van der Waals surface area contributed by atoms with Gasteiger partial charge in [-0.1, -0.05) is 41.4 Å². The lowest BCUT2D eigenvalue weighted by Gasteiger charge is -2.08. The van der Waals surface area contributed by atoms with Crippen molar-refractivity contribution >= 4 is 33.5 Å². The minimum absolute atomic E-state index is 0.502. The number of aliphatic imine (C=N–C) groups is 1. The SMILES string of the molecule is CC(C)CN=C(N)NCCc1cc(Cl)ccc1Br. The van der Waals surface area contributed by atoms with Crippen LogP contribution < -0.4 is 11.1 Å². The van der Waals surface area contributed by atoms with Crippen molar-refractivity contribution in [1.29, 1.82) is 0 Å². The Hall–Kier alpha value is -0.740. The van der Waals surface area contributed by atoms with Crippen LogP contribution in [0.4, 0.5) is 0 Å². The van der Waals surface area contributed by atoms with Gasteiger partial charge < -0.3 is 11.1 Å². The number of benzene rings is 1. The number of nitrogens with one attached hydrogen (secondary N) is 1. The number of rotatable bonds is 5. The van der Waals surface area contributed by atoms with Gasteiger partial charge in [0.15, 0.2) is 5.96 Å². The zero-order valence-electron chi connectivity index (χ0n) is 10.7. The fourth-order valence-electron chi connectivity index (χ4n) is 1.40. The maximum atomic E-state index is 5.95. The Morgan fingerprint density at radius 1 is 1.50 bits per heavy atom. The van der Waals surface area contributed by atoms with Crippen molar-refractivity contribution in [2.75, 3.05) is 13.1 Å². The first-order chi connectivity index (χ1) is 8.49. The van der Waals surface area contributed by atoms with Crippen LogP contribution in [0.5, 0.6) is 0 Å². The zero-order chi connectivity index (χ0) is 13.5. The van der Waals surface area contributed by atoms with Crippen LogP contribution in [0.1, 0.15) is 19.4 Å². The first-order valence-corrected chi connectivity index (χ1v) is 7.14. The lowest BCUT2D eigenvalue weighted by molar-refractivity contribution is 0.661. The van der Waals surface area contributed by atoms with Crippen molar-refractivity contribution in [2.45, 2.75) is 20.3 Å². The highest BCUT2D eigenvalue weighted by Crippen LogP contribution is 2.21. The number of nitrogens with zero attached hydrogens (tertiary/aromatic N) is 1. The lowest BCUT2D eigenvalue weighted by Crippen LogP contribution is -2.33. The van der Waals surface area contributed by atoms with Crippen LogP contribution in [-0.4, -0.2) is 19.0 Å². The van der Waals surface area contributed by atoms with Gasteiger partial charge in [-0.25, -0.2) is 0 Å². The largest absolute Gasteiger partial charge is 0.370 e. The van der Waals surface area contributed by atoms with E-state index in [0.29, 0.717) is 11.9 Å². The van der Waals surface area contributed by atoms with E-state index in [1.165, 1.54) is 0 Å². The molecule has 3 nitrogen and oxygen atoms in total. The molecule has 0 atom stereocenters. The summed E-state index contributed by atoms with van der Waals surface area (Å²) in [6, 6.07) is 5.77. The minimum atomic E-state index is 0.502. The summed E-state index contributed by atoms with van der Waals surface area (Å²) < 4.78 is 1.06. The molecule has 0 aromatic heterocycles. The molecule has 0 aliphatic heterocycles. The highest BCUT2D eigenvalue weighted by atomic mass is 79.9. The number of halogens is 2. The lowest BCUT2D eigenvalue weighted by atomic mass is 10.1. The molecule has 0 saturated heterocycles. The van der Waals surface area contributed by atoms with Crippen molar-refractivity contribution < 1.29 is 0 Å². The van der Waals surface area contributed by atoms with Gasteiger partial charge in [0.25, 0.3) is 0 Å². The third-order valence-electron chi connectivity index (χ3n) is 2.33. The molecule has 0 aliphatic carbocycles. The third-order valence-corrected chi connectivity index (χ3v) is 3.34. The molecule has 0 bridgehead atoms. The summed E-state index contributed by atoms with van der Waals surface area (Å²) in [6.45, 7) is 5.71. The highest BCUT2D eigenvalue weighted by molar-refractivity contribution is 9.10. The summed E-state index contributed by atoms with van der Waals surface area (Å²) in [6.07, 6.45) is 0.846. The topological polar surface area (TPSA) is 50.4 Å². The van der Waals surface area contributed by atoms with Crippen LogP contribution in [0, 0.1) is 5.92 Å². The van der Waals surface area contributed by atoms with Gasteiger partial charge in [-0.2, -0.15) is 0 Å². The second-order valence-corrected chi connectivity index (χ2v) is 5.82. The van der Waals surface area contributed by atoms with Gasteiger partial charge in [-0.3, -0.25) is 4.99 Å². The van der Waals surface area contributed by atoms with Gasteiger partial charge in [0.05, 0.1) is 0 Å². The highest BCUT2D eigenvalue weighted by Gasteiger charge is 2.01. The summed E-state index contributed by atoms with van der Waals surface area (Å²) in [5.41, 5.74) is 6.91. The smallest absolute Gasteiger partial charge is 0.188 e. The molecule has 1 rings (SSSR count). The molecule has 1 aromatic carbocycles. The Labute approximate surface area is 122 Å². The molecule has 0 aliphatic rings. The molecule has 0 spiro atoms. The van der Waals surface area contributed by atoms with E-state index < -0.39 is 0 Å². The monoisotopic (exact) mass is 331 g/mol. The quantitative estimate of drug-likeness (QED) is 0.642. The Balaban J connectivity index is 2.42. The van der Waals surface area contributed by atoms with E-state index in [1.54, 1.807) is 0 Å². The molecule has 100 valence electrons. The number of hydrogen-bond donors (Lipinski definition) is 2. The first-order valence-electron chi connectivity index (χ1n) is 5.96. The molecule has 0 fully saturated rings. The van der Waals surface area contributed by atoms with Gasteiger partial charge in [0.2, 0.25) is 0 Å². The molecule has 18 heavy (non-hydrogen) atoms. The zero-order valence-corrected chi connectivity index (χ0v) is 13.1. The summed E-state index contributed by atoms with van der Waals surface area (Å²) >= 11 is 9.45. The van der Waals surface area contributed by atoms with Crippen LogP contribution in [0.3, 0.4) is 0 Å². The molecular weight excluding hydrogens is 314 g/mol. The molecular formula is C13H19BrClN3. The van der Waals surface area contributed by atoms with E-state index in [-0.39, 0.29) is 0 Å². The predicted octanol–water partition coefficient (Wildman–Crippen LogP) is 3.21. The number of nitrogens with two attached hydrogens (primary N) is 1. The molecule has 5 heteroatoms. The Morgan fingerprint density at radius 3 is 2.89 bits per heavy atom. The van der Waals surface area contributed by atoms with Crippen LogP contribution in [-0.2, 0) is 6.42 Å². The van der Waals surface area contributed by atoms with Gasteiger partial charge >= 0.3 is 0 Å². The summed E-state index contributed by atoms with van der Waals surface area (Å²) in [7, 11) is 0. The third kappa shape index (κ3) is 5.74. The fraction of sp³-hybridized carbons (Fsp3) is 0.462. The predicted molar refractivity (Wildman–Crippen MR) is 82.2 cm³/mol. The van der Waals surface area contributed by atoms with E-state index in [9.17, 15) is 0 Å². The number of hydrogen-bond acceptors (Lipinski definition) is 1. The van der Waals surface area contributed by atoms with E-state index in [0.717, 1.165) is 34.6 Å². The Morgan fingerprint density at radius 2 is 2.22 bits per heavy atom. The second kappa shape index (κ2) is 7.64. The summed E-state index contributed by atoms with van der Waals surface area (Å²) in [5, 5.41) is 3.84. The van der Waals surface area contributed by atoms with Gasteiger partial charge in [-0.15, -0.1) is 0 Å². The molecule has 0 saturated carbocycles. The standard InChI is InChI=1S/C13H19BrClN3/c1-9(2)8-18-13(16)17-6-5-10-7-11(15)3-4-12(10)14/h3-4,7,9H,5-6,8H2,1-2H3,(H3,16,17,18). The van der Waals surface area contributed by atoms with Crippen LogP contribution >= 0.6 is 27.5 Å². The van der Waals surface area contributed by atoms with Crippen LogP contribution in [0.15, 0.2) is 27.7 Å². The average molecular weight is 333 g/mol.